The zero-order valence-electron chi connectivity index (χ0n) is 13.2. The van der Waals surface area contributed by atoms with E-state index in [1.165, 1.54) is 10.7 Å². The molecular formula is C17H16N4O3. The van der Waals surface area contributed by atoms with Crippen molar-refractivity contribution < 1.29 is 15.0 Å². The second-order valence-electron chi connectivity index (χ2n) is 5.56. The fraction of sp³-hybridized carbons (Fsp3) is 0.176. The number of hydrogen-bond donors (Lipinski definition) is 2. The Bertz CT molecular complexity index is 885. The molecule has 0 aliphatic carbocycles. The van der Waals surface area contributed by atoms with Crippen LogP contribution in [-0.4, -0.2) is 36.4 Å². The molecular weight excluding hydrogens is 308 g/mol. The van der Waals surface area contributed by atoms with Gasteiger partial charge in [0.15, 0.2) is 5.82 Å². The maximum absolute atomic E-state index is 11.5. The number of carbonyl (C=O) groups is 1. The number of carboxylic acid groups (broad SMARTS) is 1. The van der Waals surface area contributed by atoms with Crippen molar-refractivity contribution in [1.82, 2.24) is 20.2 Å². The van der Waals surface area contributed by atoms with Crippen LogP contribution in [0.1, 0.15) is 34.8 Å². The molecule has 0 saturated heterocycles. The van der Waals surface area contributed by atoms with Crippen molar-refractivity contribution >= 4 is 5.97 Å². The molecule has 0 saturated carbocycles. The maximum Gasteiger partial charge on any atom is 0.335 e. The Balaban J connectivity index is 2.18. The number of hydrogen-bond acceptors (Lipinski definition) is 5. The standard InChI is InChI=1S/C17H16N4O3/c1-10-3-5-12(6-4-10)13-7-14(17(23)24)9-15(8-13)21-16(11(2)22)18-19-20-21/h3-9,11,22H,1-2H3,(H,23,24)/t11-/m0/s1. The molecule has 0 aliphatic heterocycles. The Morgan fingerprint density at radius 3 is 2.46 bits per heavy atom. The molecule has 2 aromatic carbocycles. The van der Waals surface area contributed by atoms with Crippen LogP contribution in [0.5, 0.6) is 0 Å². The molecule has 3 aromatic rings. The van der Waals surface area contributed by atoms with Gasteiger partial charge in [0, 0.05) is 0 Å². The normalized spacial score (nSPS) is 12.1. The van der Waals surface area contributed by atoms with E-state index in [4.69, 9.17) is 0 Å². The van der Waals surface area contributed by atoms with Gasteiger partial charge in [-0.15, -0.1) is 5.10 Å². The monoisotopic (exact) mass is 324 g/mol. The van der Waals surface area contributed by atoms with Crippen LogP contribution in [0.3, 0.4) is 0 Å². The SMILES string of the molecule is Cc1ccc(-c2cc(C(=O)O)cc(-n3nnnc3[C@H](C)O)c2)cc1. The molecule has 0 fully saturated rings. The molecule has 1 aromatic heterocycles. The number of aryl methyl sites for hydroxylation is 1. The first-order chi connectivity index (χ1) is 11.5. The number of aliphatic hydroxyl groups is 1. The molecule has 7 nitrogen and oxygen atoms in total. The predicted molar refractivity (Wildman–Crippen MR) is 86.9 cm³/mol. The summed E-state index contributed by atoms with van der Waals surface area (Å²) >= 11 is 0. The fourth-order valence-electron chi connectivity index (χ4n) is 2.41. The van der Waals surface area contributed by atoms with E-state index in [1.807, 2.05) is 31.2 Å². The first-order valence-corrected chi connectivity index (χ1v) is 7.38. The van der Waals surface area contributed by atoms with Gasteiger partial charge in [-0.1, -0.05) is 29.8 Å². The number of carboxylic acids is 1. The van der Waals surface area contributed by atoms with E-state index < -0.39 is 12.1 Å². The molecule has 2 N–H and O–H groups in total. The first-order valence-electron chi connectivity index (χ1n) is 7.38. The van der Waals surface area contributed by atoms with E-state index in [0.29, 0.717) is 5.69 Å². The summed E-state index contributed by atoms with van der Waals surface area (Å²) in [7, 11) is 0. The van der Waals surface area contributed by atoms with E-state index >= 15 is 0 Å². The van der Waals surface area contributed by atoms with Crippen LogP contribution in [0.4, 0.5) is 0 Å². The van der Waals surface area contributed by atoms with E-state index in [-0.39, 0.29) is 11.4 Å². The summed E-state index contributed by atoms with van der Waals surface area (Å²) in [5, 5.41) is 30.4. The molecule has 7 heteroatoms. The van der Waals surface area contributed by atoms with Crippen molar-refractivity contribution in [3.8, 4) is 16.8 Å². The van der Waals surface area contributed by atoms with Gasteiger partial charge in [-0.25, -0.2) is 4.79 Å². The van der Waals surface area contributed by atoms with Crippen LogP contribution in [0.2, 0.25) is 0 Å². The average molecular weight is 324 g/mol. The van der Waals surface area contributed by atoms with E-state index in [9.17, 15) is 15.0 Å². The van der Waals surface area contributed by atoms with Gasteiger partial charge in [0.25, 0.3) is 0 Å². The summed E-state index contributed by atoms with van der Waals surface area (Å²) in [5.41, 5.74) is 3.33. The molecule has 0 spiro atoms. The summed E-state index contributed by atoms with van der Waals surface area (Å²) in [5.74, 6) is -0.802. The Labute approximate surface area is 138 Å². The van der Waals surface area contributed by atoms with Crippen molar-refractivity contribution in [3.63, 3.8) is 0 Å². The van der Waals surface area contributed by atoms with Gasteiger partial charge in [-0.3, -0.25) is 0 Å². The van der Waals surface area contributed by atoms with Crippen LogP contribution in [0.15, 0.2) is 42.5 Å². The van der Waals surface area contributed by atoms with Gasteiger partial charge in [0.1, 0.15) is 6.10 Å². The minimum atomic E-state index is -1.04. The summed E-state index contributed by atoms with van der Waals surface area (Å²) in [6, 6.07) is 12.6. The zero-order valence-corrected chi connectivity index (χ0v) is 13.2. The summed E-state index contributed by atoms with van der Waals surface area (Å²) in [4.78, 5) is 11.5. The predicted octanol–water partition coefficient (Wildman–Crippen LogP) is 2.39. The van der Waals surface area contributed by atoms with Crippen LogP contribution >= 0.6 is 0 Å². The largest absolute Gasteiger partial charge is 0.478 e. The highest BCUT2D eigenvalue weighted by Crippen LogP contribution is 2.25. The van der Waals surface area contributed by atoms with Crippen LogP contribution in [-0.2, 0) is 0 Å². The number of aliphatic hydroxyl groups excluding tert-OH is 1. The lowest BCUT2D eigenvalue weighted by atomic mass is 10.0. The van der Waals surface area contributed by atoms with E-state index in [2.05, 4.69) is 15.5 Å². The highest BCUT2D eigenvalue weighted by molar-refractivity contribution is 5.90. The minimum Gasteiger partial charge on any atom is -0.478 e. The zero-order chi connectivity index (χ0) is 17.3. The van der Waals surface area contributed by atoms with Gasteiger partial charge in [0.2, 0.25) is 0 Å². The second-order valence-corrected chi connectivity index (χ2v) is 5.56. The molecule has 1 heterocycles. The molecule has 0 unspecified atom stereocenters. The maximum atomic E-state index is 11.5. The van der Waals surface area contributed by atoms with Gasteiger partial charge < -0.3 is 10.2 Å². The molecule has 0 bridgehead atoms. The van der Waals surface area contributed by atoms with Gasteiger partial charge >= 0.3 is 5.97 Å². The number of tetrazole rings is 1. The number of benzene rings is 2. The molecule has 3 rings (SSSR count). The molecule has 0 amide bonds. The van der Waals surface area contributed by atoms with Gasteiger partial charge in [-0.05, 0) is 53.6 Å². The fourth-order valence-corrected chi connectivity index (χ4v) is 2.41. The average Bonchev–Trinajstić information content (AvgIpc) is 3.05. The topological polar surface area (TPSA) is 101 Å². The highest BCUT2D eigenvalue weighted by Gasteiger charge is 2.16. The van der Waals surface area contributed by atoms with Crippen molar-refractivity contribution in [2.75, 3.05) is 0 Å². The van der Waals surface area contributed by atoms with Crippen molar-refractivity contribution in [1.29, 1.82) is 0 Å². The number of rotatable bonds is 4. The lowest BCUT2D eigenvalue weighted by molar-refractivity contribution is 0.0697. The summed E-state index contributed by atoms with van der Waals surface area (Å²) < 4.78 is 1.34. The molecule has 0 radical (unpaired) electrons. The Hall–Kier alpha value is -3.06. The summed E-state index contributed by atoms with van der Waals surface area (Å²) in [6.45, 7) is 3.53. The highest BCUT2D eigenvalue weighted by atomic mass is 16.4. The third kappa shape index (κ3) is 3.02. The van der Waals surface area contributed by atoms with Crippen molar-refractivity contribution in [2.45, 2.75) is 20.0 Å². The minimum absolute atomic E-state index is 0.120. The van der Waals surface area contributed by atoms with Crippen molar-refractivity contribution in [2.24, 2.45) is 0 Å². The van der Waals surface area contributed by atoms with Crippen molar-refractivity contribution in [3.05, 3.63) is 59.4 Å². The van der Waals surface area contributed by atoms with E-state index in [0.717, 1.165) is 16.7 Å². The number of aromatic carboxylic acids is 1. The second kappa shape index (κ2) is 6.21. The first kappa shape index (κ1) is 15.8. The van der Waals surface area contributed by atoms with Crippen LogP contribution in [0, 0.1) is 6.92 Å². The quantitative estimate of drug-likeness (QED) is 0.764. The Morgan fingerprint density at radius 1 is 1.12 bits per heavy atom. The summed E-state index contributed by atoms with van der Waals surface area (Å²) in [6.07, 6.45) is -0.878. The Kier molecular flexibility index (Phi) is 4.09. The third-order valence-corrected chi connectivity index (χ3v) is 3.66. The molecule has 122 valence electrons. The molecule has 24 heavy (non-hydrogen) atoms. The third-order valence-electron chi connectivity index (χ3n) is 3.66. The lowest BCUT2D eigenvalue weighted by Crippen LogP contribution is -2.08. The number of aromatic nitrogens is 4. The van der Waals surface area contributed by atoms with Gasteiger partial charge in [0.05, 0.1) is 11.3 Å². The number of nitrogens with zero attached hydrogens (tertiary/aromatic N) is 4. The Morgan fingerprint density at radius 2 is 1.83 bits per heavy atom. The van der Waals surface area contributed by atoms with E-state index in [1.54, 1.807) is 19.1 Å². The van der Waals surface area contributed by atoms with Crippen LogP contribution < -0.4 is 0 Å². The lowest BCUT2D eigenvalue weighted by Gasteiger charge is -2.10. The molecule has 0 aliphatic rings. The molecule has 1 atom stereocenters. The smallest absolute Gasteiger partial charge is 0.335 e. The van der Waals surface area contributed by atoms with Gasteiger partial charge in [-0.2, -0.15) is 4.68 Å². The van der Waals surface area contributed by atoms with Crippen LogP contribution in [0.25, 0.3) is 16.8 Å².